The lowest BCUT2D eigenvalue weighted by molar-refractivity contribution is -0.118. The number of hydrogen-bond donors (Lipinski definition) is 1. The fourth-order valence-corrected chi connectivity index (χ4v) is 3.35. The van der Waals surface area contributed by atoms with Crippen molar-refractivity contribution in [3.8, 4) is 0 Å². The quantitative estimate of drug-likeness (QED) is 0.322. The number of aryl methyl sites for hydroxylation is 1. The van der Waals surface area contributed by atoms with Crippen molar-refractivity contribution < 1.29 is 18.7 Å². The van der Waals surface area contributed by atoms with Gasteiger partial charge in [0.2, 0.25) is 6.41 Å². The highest BCUT2D eigenvalue weighted by molar-refractivity contribution is 8.17. The number of nitrogens with zero attached hydrogens (tertiary/aromatic N) is 3. The van der Waals surface area contributed by atoms with Gasteiger partial charge in [-0.3, -0.25) is 14.1 Å². The first-order valence-corrected chi connectivity index (χ1v) is 10.4. The van der Waals surface area contributed by atoms with Gasteiger partial charge in [-0.2, -0.15) is 0 Å². The summed E-state index contributed by atoms with van der Waals surface area (Å²) in [6.45, 7) is 9.53. The van der Waals surface area contributed by atoms with Crippen LogP contribution >= 0.6 is 20.4 Å². The topological polar surface area (TPSA) is 115 Å². The molecule has 1 amide bonds. The SMILES string of the molecule is CCC(C)(C)C(=O)S/C(CCOP=O)=C(/C)N(C=O)Cc1cnc(C)nc1N. The molecule has 28 heavy (non-hydrogen) atoms. The van der Waals surface area contributed by atoms with Gasteiger partial charge >= 0.3 is 8.69 Å². The van der Waals surface area contributed by atoms with Crippen molar-refractivity contribution in [2.24, 2.45) is 5.41 Å². The summed E-state index contributed by atoms with van der Waals surface area (Å²) in [7, 11) is -0.428. The zero-order valence-electron chi connectivity index (χ0n) is 16.9. The maximum absolute atomic E-state index is 12.7. The van der Waals surface area contributed by atoms with E-state index in [9.17, 15) is 14.2 Å². The van der Waals surface area contributed by atoms with E-state index in [1.165, 1.54) is 4.90 Å². The predicted octanol–water partition coefficient (Wildman–Crippen LogP) is 3.87. The largest absolute Gasteiger partial charge is 0.383 e. The first-order valence-electron chi connectivity index (χ1n) is 8.82. The molecule has 0 aromatic carbocycles. The van der Waals surface area contributed by atoms with Crippen LogP contribution in [0.4, 0.5) is 5.82 Å². The van der Waals surface area contributed by atoms with E-state index in [2.05, 4.69) is 9.97 Å². The second-order valence-corrected chi connectivity index (χ2v) is 8.33. The molecule has 1 aromatic heterocycles. The number of amides is 1. The lowest BCUT2D eigenvalue weighted by Crippen LogP contribution is -2.24. The van der Waals surface area contributed by atoms with Crippen LogP contribution in [0.2, 0.25) is 0 Å². The zero-order chi connectivity index (χ0) is 21.3. The van der Waals surface area contributed by atoms with Gasteiger partial charge in [-0.1, -0.05) is 32.5 Å². The zero-order valence-corrected chi connectivity index (χ0v) is 18.6. The molecule has 0 aliphatic carbocycles. The molecular weight excluding hydrogens is 399 g/mol. The Kier molecular flexibility index (Phi) is 9.72. The van der Waals surface area contributed by atoms with E-state index in [0.29, 0.717) is 47.1 Å². The fourth-order valence-electron chi connectivity index (χ4n) is 2.09. The van der Waals surface area contributed by atoms with E-state index >= 15 is 0 Å². The molecule has 0 fully saturated rings. The number of nitrogens with two attached hydrogens (primary N) is 1. The van der Waals surface area contributed by atoms with Crippen LogP contribution in [0.3, 0.4) is 0 Å². The predicted molar refractivity (Wildman–Crippen MR) is 110 cm³/mol. The van der Waals surface area contributed by atoms with Crippen molar-refractivity contribution in [1.82, 2.24) is 14.9 Å². The van der Waals surface area contributed by atoms with E-state index in [0.717, 1.165) is 11.8 Å². The molecule has 0 radical (unpaired) electrons. The molecule has 154 valence electrons. The molecule has 8 nitrogen and oxygen atoms in total. The third-order valence-electron chi connectivity index (χ3n) is 4.45. The average molecular weight is 426 g/mol. The number of nitrogen functional groups attached to an aromatic ring is 1. The lowest BCUT2D eigenvalue weighted by atomic mass is 9.92. The summed E-state index contributed by atoms with van der Waals surface area (Å²) >= 11 is 1.09. The van der Waals surface area contributed by atoms with Crippen LogP contribution in [0, 0.1) is 12.3 Å². The Morgan fingerprint density at radius 2 is 2.14 bits per heavy atom. The summed E-state index contributed by atoms with van der Waals surface area (Å²) in [5, 5.41) is -0.00643. The van der Waals surface area contributed by atoms with Crippen molar-refractivity contribution in [2.75, 3.05) is 12.3 Å². The second kappa shape index (κ2) is 11.2. The number of allylic oxidation sites excluding steroid dienone is 1. The average Bonchev–Trinajstić information content (AvgIpc) is 2.66. The molecule has 1 heterocycles. The molecule has 0 atom stereocenters. The summed E-state index contributed by atoms with van der Waals surface area (Å²) in [4.78, 5) is 34.8. The number of rotatable bonds is 11. The molecule has 0 spiro atoms. The summed E-state index contributed by atoms with van der Waals surface area (Å²) in [5.74, 6) is 0.849. The Morgan fingerprint density at radius 3 is 2.68 bits per heavy atom. The Morgan fingerprint density at radius 1 is 1.46 bits per heavy atom. The molecule has 0 saturated carbocycles. The molecule has 0 bridgehead atoms. The molecule has 0 aliphatic rings. The van der Waals surface area contributed by atoms with Crippen LogP contribution in [0.15, 0.2) is 16.8 Å². The number of hydrogen-bond acceptors (Lipinski definition) is 8. The highest BCUT2D eigenvalue weighted by Crippen LogP contribution is 2.35. The number of carbonyl (C=O) groups is 2. The molecule has 0 aliphatic heterocycles. The van der Waals surface area contributed by atoms with Gasteiger partial charge in [0, 0.05) is 34.2 Å². The maximum Gasteiger partial charge on any atom is 0.327 e. The second-order valence-electron chi connectivity index (χ2n) is 6.85. The van der Waals surface area contributed by atoms with Crippen LogP contribution < -0.4 is 5.73 Å². The third kappa shape index (κ3) is 6.96. The highest BCUT2D eigenvalue weighted by atomic mass is 32.2. The maximum atomic E-state index is 12.7. The van der Waals surface area contributed by atoms with Crippen molar-refractivity contribution in [3.05, 3.63) is 28.2 Å². The summed E-state index contributed by atoms with van der Waals surface area (Å²) in [5.41, 5.74) is 6.64. The first kappa shape index (κ1) is 24.2. The third-order valence-corrected chi connectivity index (χ3v) is 6.22. The van der Waals surface area contributed by atoms with Crippen LogP contribution in [0.25, 0.3) is 0 Å². The molecule has 1 aromatic rings. The molecule has 0 saturated heterocycles. The van der Waals surface area contributed by atoms with E-state index in [1.54, 1.807) is 20.0 Å². The van der Waals surface area contributed by atoms with Crippen LogP contribution in [0.1, 0.15) is 51.9 Å². The number of anilines is 1. The first-order chi connectivity index (χ1) is 13.2. The van der Waals surface area contributed by atoms with E-state index in [-0.39, 0.29) is 18.3 Å². The monoisotopic (exact) mass is 426 g/mol. The molecule has 1 rings (SSSR count). The number of aromatic nitrogens is 2. The van der Waals surface area contributed by atoms with Crippen molar-refractivity contribution in [1.29, 1.82) is 0 Å². The summed E-state index contributed by atoms with van der Waals surface area (Å²) in [6, 6.07) is 0. The number of thioether (sulfide) groups is 1. The van der Waals surface area contributed by atoms with E-state index in [4.69, 9.17) is 10.3 Å². The lowest BCUT2D eigenvalue weighted by Gasteiger charge is -2.25. The van der Waals surface area contributed by atoms with Gasteiger partial charge in [0.25, 0.3) is 0 Å². The van der Waals surface area contributed by atoms with Gasteiger partial charge < -0.3 is 10.6 Å². The van der Waals surface area contributed by atoms with Gasteiger partial charge in [-0.25, -0.2) is 14.5 Å². The van der Waals surface area contributed by atoms with Gasteiger partial charge in [-0.15, -0.1) is 0 Å². The molecule has 10 heteroatoms. The normalized spacial score (nSPS) is 12.6. The Balaban J connectivity index is 3.16. The van der Waals surface area contributed by atoms with Gasteiger partial charge in [0.1, 0.15) is 11.6 Å². The van der Waals surface area contributed by atoms with E-state index < -0.39 is 14.1 Å². The van der Waals surface area contributed by atoms with E-state index in [1.807, 2.05) is 20.8 Å². The fraction of sp³-hybridized carbons (Fsp3) is 0.556. The molecule has 2 N–H and O–H groups in total. The van der Waals surface area contributed by atoms with Crippen molar-refractivity contribution >= 4 is 37.8 Å². The van der Waals surface area contributed by atoms with Gasteiger partial charge in [0.05, 0.1) is 13.2 Å². The van der Waals surface area contributed by atoms with Crippen molar-refractivity contribution in [2.45, 2.75) is 54.0 Å². The summed E-state index contributed by atoms with van der Waals surface area (Å²) < 4.78 is 15.5. The minimum absolute atomic E-state index is 0.00643. The van der Waals surface area contributed by atoms with Gasteiger partial charge in [-0.05, 0) is 20.3 Å². The Labute approximate surface area is 171 Å². The molecular formula is C18H27N4O4PS. The Bertz CT molecular complexity index is 755. The minimum Gasteiger partial charge on any atom is -0.383 e. The van der Waals surface area contributed by atoms with Gasteiger partial charge in [0.15, 0.2) is 5.12 Å². The molecule has 0 unspecified atom stereocenters. The Hall–Kier alpha value is -1.83. The minimum atomic E-state index is -0.505. The van der Waals surface area contributed by atoms with Crippen molar-refractivity contribution in [3.63, 3.8) is 0 Å². The number of carbonyl (C=O) groups excluding carboxylic acids is 2. The van der Waals surface area contributed by atoms with Crippen LogP contribution in [-0.2, 0) is 25.2 Å². The smallest absolute Gasteiger partial charge is 0.327 e. The highest BCUT2D eigenvalue weighted by Gasteiger charge is 2.28. The van der Waals surface area contributed by atoms with Crippen LogP contribution in [-0.4, -0.2) is 33.0 Å². The van der Waals surface area contributed by atoms with Crippen LogP contribution in [0.5, 0.6) is 0 Å². The standard InChI is InChI=1S/C18H27N4O4PS/c1-6-18(4,5)17(24)28-15(7-8-26-27-25)12(2)22(11-23)10-14-9-20-13(3)21-16(14)19/h9,11H,6-8,10H2,1-5H3,(H2,19,20,21)/b15-12-. The summed E-state index contributed by atoms with van der Waals surface area (Å²) in [6.07, 6.45) is 3.30.